The minimum Gasteiger partial charge on any atom is -0.339 e. The van der Waals surface area contributed by atoms with E-state index in [1.807, 2.05) is 29.2 Å². The van der Waals surface area contributed by atoms with Crippen LogP contribution in [0.1, 0.15) is 43.1 Å². The van der Waals surface area contributed by atoms with Crippen LogP contribution >= 0.6 is 15.9 Å². The standard InChI is InChI=1S/C18H21BrN4O/c1-2-15-8-3-4-9-23(15)18(24)16-11-21-17(12-20-16)22-14-7-5-6-13(19)10-14/h5-7,10-12,15H,2-4,8-9H2,1H3,(H,21,22). The molecule has 6 heteroatoms. The second-order valence-electron chi connectivity index (χ2n) is 5.98. The van der Waals surface area contributed by atoms with Crippen molar-refractivity contribution in [2.45, 2.75) is 38.6 Å². The first kappa shape index (κ1) is 16.9. The Bertz CT molecular complexity index is 704. The number of benzene rings is 1. The van der Waals surface area contributed by atoms with Gasteiger partial charge < -0.3 is 10.2 Å². The number of nitrogens with one attached hydrogen (secondary N) is 1. The highest BCUT2D eigenvalue weighted by molar-refractivity contribution is 9.10. The van der Waals surface area contributed by atoms with E-state index < -0.39 is 0 Å². The van der Waals surface area contributed by atoms with Gasteiger partial charge in [-0.25, -0.2) is 9.97 Å². The molecule has 24 heavy (non-hydrogen) atoms. The van der Waals surface area contributed by atoms with E-state index in [1.54, 1.807) is 12.4 Å². The first-order chi connectivity index (χ1) is 11.7. The lowest BCUT2D eigenvalue weighted by Crippen LogP contribution is -2.43. The van der Waals surface area contributed by atoms with Crippen molar-refractivity contribution in [1.82, 2.24) is 14.9 Å². The number of piperidine rings is 1. The van der Waals surface area contributed by atoms with Crippen LogP contribution in [0.15, 0.2) is 41.1 Å². The second kappa shape index (κ2) is 7.75. The Kier molecular flexibility index (Phi) is 5.45. The smallest absolute Gasteiger partial charge is 0.274 e. The molecule has 2 aromatic rings. The Morgan fingerprint density at radius 3 is 2.92 bits per heavy atom. The van der Waals surface area contributed by atoms with Crippen molar-refractivity contribution in [2.75, 3.05) is 11.9 Å². The Balaban J connectivity index is 1.70. The molecule has 1 amide bonds. The van der Waals surface area contributed by atoms with E-state index in [9.17, 15) is 4.79 Å². The summed E-state index contributed by atoms with van der Waals surface area (Å²) < 4.78 is 0.989. The van der Waals surface area contributed by atoms with Gasteiger partial charge in [0.2, 0.25) is 0 Å². The van der Waals surface area contributed by atoms with Crippen LogP contribution in [0, 0.1) is 0 Å². The topological polar surface area (TPSA) is 58.1 Å². The van der Waals surface area contributed by atoms with E-state index >= 15 is 0 Å². The second-order valence-corrected chi connectivity index (χ2v) is 6.89. The van der Waals surface area contributed by atoms with Gasteiger partial charge in [-0.3, -0.25) is 4.79 Å². The van der Waals surface area contributed by atoms with Crippen molar-refractivity contribution in [2.24, 2.45) is 0 Å². The van der Waals surface area contributed by atoms with E-state index in [-0.39, 0.29) is 5.91 Å². The molecule has 0 radical (unpaired) electrons. The number of carbonyl (C=O) groups excluding carboxylic acids is 1. The summed E-state index contributed by atoms with van der Waals surface area (Å²) in [6.45, 7) is 2.95. The zero-order valence-corrected chi connectivity index (χ0v) is 15.3. The number of rotatable bonds is 4. The minimum absolute atomic E-state index is 0.0111. The normalized spacial score (nSPS) is 17.6. The molecule has 1 aliphatic heterocycles. The SMILES string of the molecule is CCC1CCCCN1C(=O)c1cnc(Nc2cccc(Br)c2)cn1. The highest BCUT2D eigenvalue weighted by Gasteiger charge is 2.27. The summed E-state index contributed by atoms with van der Waals surface area (Å²) in [5.74, 6) is 0.610. The van der Waals surface area contributed by atoms with Crippen molar-refractivity contribution in [3.63, 3.8) is 0 Å². The Hall–Kier alpha value is -1.95. The van der Waals surface area contributed by atoms with Crippen LogP contribution in [0.5, 0.6) is 0 Å². The van der Waals surface area contributed by atoms with Crippen molar-refractivity contribution in [3.8, 4) is 0 Å². The fourth-order valence-corrected chi connectivity index (χ4v) is 3.46. The van der Waals surface area contributed by atoms with Gasteiger partial charge in [-0.1, -0.05) is 28.9 Å². The molecule has 1 N–H and O–H groups in total. The zero-order chi connectivity index (χ0) is 16.9. The van der Waals surface area contributed by atoms with Crippen LogP contribution in [-0.2, 0) is 0 Å². The van der Waals surface area contributed by atoms with Crippen LogP contribution in [0.4, 0.5) is 11.5 Å². The number of carbonyl (C=O) groups is 1. The average molecular weight is 389 g/mol. The van der Waals surface area contributed by atoms with Gasteiger partial charge in [0.05, 0.1) is 12.4 Å². The van der Waals surface area contributed by atoms with Gasteiger partial charge in [-0.2, -0.15) is 0 Å². The van der Waals surface area contributed by atoms with Crippen molar-refractivity contribution >= 4 is 33.3 Å². The number of anilines is 2. The van der Waals surface area contributed by atoms with Crippen LogP contribution < -0.4 is 5.32 Å². The number of amides is 1. The third kappa shape index (κ3) is 3.93. The molecular weight excluding hydrogens is 368 g/mol. The molecule has 1 unspecified atom stereocenters. The number of aromatic nitrogens is 2. The Morgan fingerprint density at radius 1 is 1.33 bits per heavy atom. The number of hydrogen-bond donors (Lipinski definition) is 1. The van der Waals surface area contributed by atoms with Crippen LogP contribution in [-0.4, -0.2) is 33.4 Å². The van der Waals surface area contributed by atoms with Gasteiger partial charge in [0.15, 0.2) is 0 Å². The molecule has 1 aromatic carbocycles. The summed E-state index contributed by atoms with van der Waals surface area (Å²) in [7, 11) is 0. The molecule has 2 heterocycles. The van der Waals surface area contributed by atoms with E-state index in [4.69, 9.17) is 0 Å². The molecule has 0 aliphatic carbocycles. The first-order valence-electron chi connectivity index (χ1n) is 8.33. The van der Waals surface area contributed by atoms with Gasteiger partial charge in [0.1, 0.15) is 11.5 Å². The maximum absolute atomic E-state index is 12.7. The highest BCUT2D eigenvalue weighted by atomic mass is 79.9. The van der Waals surface area contributed by atoms with Crippen molar-refractivity contribution in [3.05, 3.63) is 46.8 Å². The lowest BCUT2D eigenvalue weighted by atomic mass is 10.00. The van der Waals surface area contributed by atoms with E-state index in [1.165, 1.54) is 6.42 Å². The molecular formula is C18H21BrN4O. The van der Waals surface area contributed by atoms with Crippen LogP contribution in [0.3, 0.4) is 0 Å². The summed E-state index contributed by atoms with van der Waals surface area (Å²) in [6, 6.07) is 8.14. The molecule has 0 saturated carbocycles. The largest absolute Gasteiger partial charge is 0.339 e. The summed E-state index contributed by atoms with van der Waals surface area (Å²) >= 11 is 3.44. The molecule has 5 nitrogen and oxygen atoms in total. The zero-order valence-electron chi connectivity index (χ0n) is 13.7. The van der Waals surface area contributed by atoms with E-state index in [0.29, 0.717) is 17.6 Å². The average Bonchev–Trinajstić information content (AvgIpc) is 2.62. The van der Waals surface area contributed by atoms with E-state index in [2.05, 4.69) is 38.1 Å². The third-order valence-electron chi connectivity index (χ3n) is 4.33. The Morgan fingerprint density at radius 2 is 2.21 bits per heavy atom. The first-order valence-corrected chi connectivity index (χ1v) is 9.12. The quantitative estimate of drug-likeness (QED) is 0.843. The monoisotopic (exact) mass is 388 g/mol. The van der Waals surface area contributed by atoms with Crippen LogP contribution in [0.25, 0.3) is 0 Å². The molecule has 1 saturated heterocycles. The number of likely N-dealkylation sites (tertiary alicyclic amines) is 1. The predicted octanol–water partition coefficient (Wildman–Crippen LogP) is 4.39. The molecule has 0 spiro atoms. The predicted molar refractivity (Wildman–Crippen MR) is 98.4 cm³/mol. The molecule has 3 rings (SSSR count). The number of hydrogen-bond acceptors (Lipinski definition) is 4. The van der Waals surface area contributed by atoms with Crippen molar-refractivity contribution < 1.29 is 4.79 Å². The van der Waals surface area contributed by atoms with Crippen molar-refractivity contribution in [1.29, 1.82) is 0 Å². The molecule has 1 aromatic heterocycles. The maximum Gasteiger partial charge on any atom is 0.274 e. The summed E-state index contributed by atoms with van der Waals surface area (Å²) in [5, 5.41) is 3.18. The highest BCUT2D eigenvalue weighted by Crippen LogP contribution is 2.22. The lowest BCUT2D eigenvalue weighted by molar-refractivity contribution is 0.0601. The van der Waals surface area contributed by atoms with Gasteiger partial charge in [0, 0.05) is 22.7 Å². The maximum atomic E-state index is 12.7. The lowest BCUT2D eigenvalue weighted by Gasteiger charge is -2.34. The van der Waals surface area contributed by atoms with Crippen LogP contribution in [0.2, 0.25) is 0 Å². The fraction of sp³-hybridized carbons (Fsp3) is 0.389. The van der Waals surface area contributed by atoms with Gasteiger partial charge in [0.25, 0.3) is 5.91 Å². The number of halogens is 1. The third-order valence-corrected chi connectivity index (χ3v) is 4.82. The number of nitrogens with zero attached hydrogens (tertiary/aromatic N) is 3. The van der Waals surface area contributed by atoms with E-state index in [0.717, 1.165) is 36.0 Å². The molecule has 1 atom stereocenters. The summed E-state index contributed by atoms with van der Waals surface area (Å²) in [6.07, 6.45) is 7.50. The molecule has 1 aliphatic rings. The Labute approximate surface area is 150 Å². The van der Waals surface area contributed by atoms with Gasteiger partial charge >= 0.3 is 0 Å². The summed E-state index contributed by atoms with van der Waals surface area (Å²) in [4.78, 5) is 23.3. The molecule has 1 fully saturated rings. The molecule has 0 bridgehead atoms. The van der Waals surface area contributed by atoms with Gasteiger partial charge in [-0.05, 0) is 43.9 Å². The minimum atomic E-state index is -0.0111. The fourth-order valence-electron chi connectivity index (χ4n) is 3.06. The van der Waals surface area contributed by atoms with Gasteiger partial charge in [-0.15, -0.1) is 0 Å². The summed E-state index contributed by atoms with van der Waals surface area (Å²) in [5.41, 5.74) is 1.33. The molecule has 126 valence electrons.